The fraction of sp³-hybridized carbons (Fsp3) is 0. The van der Waals surface area contributed by atoms with E-state index in [1.54, 1.807) is 12.1 Å². The molecule has 1 aromatic carbocycles. The average molecular weight is 251 g/mol. The molecule has 0 unspecified atom stereocenters. The maximum atomic E-state index is 10.5. The van der Waals surface area contributed by atoms with Crippen molar-refractivity contribution in [2.75, 3.05) is 0 Å². The molecule has 0 bridgehead atoms. The van der Waals surface area contributed by atoms with E-state index in [-0.39, 0.29) is 5.69 Å². The number of hydrogen-bond donors (Lipinski definition) is 0. The van der Waals surface area contributed by atoms with Gasteiger partial charge in [-0.05, 0) is 18.2 Å². The number of pyridine rings is 1. The minimum atomic E-state index is -0.465. The van der Waals surface area contributed by atoms with Gasteiger partial charge in [0.25, 0.3) is 5.69 Å². The van der Waals surface area contributed by atoms with Gasteiger partial charge in [-0.3, -0.25) is 10.1 Å². The molecule has 0 spiro atoms. The number of halogens is 1. The first-order valence-electron chi connectivity index (χ1n) is 4.69. The summed E-state index contributed by atoms with van der Waals surface area (Å²) in [5.74, 6) is 1.02. The summed E-state index contributed by atoms with van der Waals surface area (Å²) in [7, 11) is 0. The molecule has 0 saturated heterocycles. The number of nitro groups is 1. The lowest BCUT2D eigenvalue weighted by Crippen LogP contribution is -1.88. The number of aromatic nitrogens is 1. The Bertz CT molecular complexity index is 543. The highest BCUT2D eigenvalue weighted by atomic mass is 35.5. The highest BCUT2D eigenvalue weighted by Crippen LogP contribution is 2.24. The molecule has 2 rings (SSSR count). The molecule has 0 fully saturated rings. The third-order valence-corrected chi connectivity index (χ3v) is 2.19. The monoisotopic (exact) mass is 250 g/mol. The van der Waals surface area contributed by atoms with E-state index in [9.17, 15) is 10.1 Å². The predicted molar refractivity (Wildman–Crippen MR) is 62.4 cm³/mol. The van der Waals surface area contributed by atoms with Crippen LogP contribution >= 0.6 is 11.6 Å². The van der Waals surface area contributed by atoms with Crippen molar-refractivity contribution in [1.29, 1.82) is 0 Å². The van der Waals surface area contributed by atoms with Crippen LogP contribution in [-0.2, 0) is 0 Å². The van der Waals surface area contributed by atoms with Crippen LogP contribution in [0.15, 0.2) is 42.6 Å². The van der Waals surface area contributed by atoms with Gasteiger partial charge < -0.3 is 4.74 Å². The molecule has 0 aliphatic rings. The van der Waals surface area contributed by atoms with Gasteiger partial charge in [-0.25, -0.2) is 4.98 Å². The summed E-state index contributed by atoms with van der Waals surface area (Å²) in [6.07, 6.45) is 1.52. The SMILES string of the molecule is O=[N+]([O-])c1ccc(Oc2ccnc(Cl)c2)cc1. The lowest BCUT2D eigenvalue weighted by atomic mass is 10.3. The van der Waals surface area contributed by atoms with Crippen LogP contribution in [-0.4, -0.2) is 9.91 Å². The molecular weight excluding hydrogens is 244 g/mol. The van der Waals surface area contributed by atoms with E-state index in [0.717, 1.165) is 0 Å². The normalized spacial score (nSPS) is 9.94. The quantitative estimate of drug-likeness (QED) is 0.475. The molecule has 86 valence electrons. The third kappa shape index (κ3) is 2.92. The molecule has 1 heterocycles. The minimum Gasteiger partial charge on any atom is -0.457 e. The molecule has 2 aromatic rings. The summed E-state index contributed by atoms with van der Waals surface area (Å²) in [5, 5.41) is 10.8. The Morgan fingerprint density at radius 3 is 2.47 bits per heavy atom. The van der Waals surface area contributed by atoms with Crippen LogP contribution in [0.5, 0.6) is 11.5 Å². The van der Waals surface area contributed by atoms with Crippen LogP contribution in [0.1, 0.15) is 0 Å². The van der Waals surface area contributed by atoms with Gasteiger partial charge in [0.15, 0.2) is 0 Å². The Balaban J connectivity index is 2.16. The van der Waals surface area contributed by atoms with Crippen molar-refractivity contribution < 1.29 is 9.66 Å². The molecule has 0 N–H and O–H groups in total. The van der Waals surface area contributed by atoms with E-state index in [0.29, 0.717) is 16.7 Å². The van der Waals surface area contributed by atoms with E-state index < -0.39 is 4.92 Å². The van der Waals surface area contributed by atoms with E-state index in [1.165, 1.54) is 30.5 Å². The average Bonchev–Trinajstić information content (AvgIpc) is 2.29. The van der Waals surface area contributed by atoms with Crippen molar-refractivity contribution in [2.24, 2.45) is 0 Å². The number of rotatable bonds is 3. The smallest absolute Gasteiger partial charge is 0.269 e. The molecule has 0 saturated carbocycles. The number of ether oxygens (including phenoxy) is 1. The Hall–Kier alpha value is -2.14. The summed E-state index contributed by atoms with van der Waals surface area (Å²) in [6, 6.07) is 8.99. The van der Waals surface area contributed by atoms with Gasteiger partial charge in [-0.2, -0.15) is 0 Å². The number of hydrogen-bond acceptors (Lipinski definition) is 4. The Morgan fingerprint density at radius 2 is 1.88 bits per heavy atom. The lowest BCUT2D eigenvalue weighted by Gasteiger charge is -2.04. The van der Waals surface area contributed by atoms with Gasteiger partial charge in [-0.15, -0.1) is 0 Å². The summed E-state index contributed by atoms with van der Waals surface area (Å²) in [6.45, 7) is 0. The zero-order valence-electron chi connectivity index (χ0n) is 8.54. The highest BCUT2D eigenvalue weighted by Gasteiger charge is 2.05. The second-order valence-electron chi connectivity index (χ2n) is 3.17. The molecular formula is C11H7ClN2O3. The standard InChI is InChI=1S/C11H7ClN2O3/c12-11-7-10(5-6-13-11)17-9-3-1-8(2-4-9)14(15)16/h1-7H. The molecule has 1 aromatic heterocycles. The van der Waals surface area contributed by atoms with Gasteiger partial charge in [0, 0.05) is 24.4 Å². The van der Waals surface area contributed by atoms with Crippen molar-refractivity contribution >= 4 is 17.3 Å². The summed E-state index contributed by atoms with van der Waals surface area (Å²) in [5.41, 5.74) is 0.0186. The summed E-state index contributed by atoms with van der Waals surface area (Å²) >= 11 is 5.70. The van der Waals surface area contributed by atoms with Crippen LogP contribution in [0.25, 0.3) is 0 Å². The molecule has 5 nitrogen and oxygen atoms in total. The number of nitrogens with zero attached hydrogens (tertiary/aromatic N) is 2. The van der Waals surface area contributed by atoms with Gasteiger partial charge >= 0.3 is 0 Å². The molecule has 6 heteroatoms. The van der Waals surface area contributed by atoms with Gasteiger partial charge in [0.05, 0.1) is 4.92 Å². The van der Waals surface area contributed by atoms with Gasteiger partial charge in [0.2, 0.25) is 0 Å². The third-order valence-electron chi connectivity index (χ3n) is 1.98. The predicted octanol–water partition coefficient (Wildman–Crippen LogP) is 3.44. The Kier molecular flexibility index (Phi) is 3.20. The van der Waals surface area contributed by atoms with Crippen molar-refractivity contribution in [3.63, 3.8) is 0 Å². The number of benzene rings is 1. The second kappa shape index (κ2) is 4.80. The van der Waals surface area contributed by atoms with Crippen LogP contribution in [0.4, 0.5) is 5.69 Å². The Labute approximate surface area is 102 Å². The molecule has 0 amide bonds. The van der Waals surface area contributed by atoms with Crippen molar-refractivity contribution in [3.8, 4) is 11.5 Å². The van der Waals surface area contributed by atoms with Gasteiger partial charge in [-0.1, -0.05) is 11.6 Å². The van der Waals surface area contributed by atoms with Crippen LogP contribution in [0.3, 0.4) is 0 Å². The Morgan fingerprint density at radius 1 is 1.18 bits per heavy atom. The maximum absolute atomic E-state index is 10.5. The summed E-state index contributed by atoms with van der Waals surface area (Å²) < 4.78 is 5.45. The first kappa shape index (κ1) is 11.3. The topological polar surface area (TPSA) is 65.3 Å². The minimum absolute atomic E-state index is 0.0186. The largest absolute Gasteiger partial charge is 0.457 e. The van der Waals surface area contributed by atoms with Gasteiger partial charge in [0.1, 0.15) is 16.7 Å². The van der Waals surface area contributed by atoms with Crippen molar-refractivity contribution in [3.05, 3.63) is 57.9 Å². The van der Waals surface area contributed by atoms with Crippen LogP contribution < -0.4 is 4.74 Å². The molecule has 0 radical (unpaired) electrons. The molecule has 0 atom stereocenters. The first-order valence-corrected chi connectivity index (χ1v) is 5.07. The first-order chi connectivity index (χ1) is 8.15. The van der Waals surface area contributed by atoms with E-state index in [4.69, 9.17) is 16.3 Å². The summed E-state index contributed by atoms with van der Waals surface area (Å²) in [4.78, 5) is 13.8. The number of nitro benzene ring substituents is 1. The molecule has 0 aliphatic carbocycles. The van der Waals surface area contributed by atoms with Crippen LogP contribution in [0.2, 0.25) is 5.15 Å². The van der Waals surface area contributed by atoms with Crippen LogP contribution in [0, 0.1) is 10.1 Å². The fourth-order valence-electron chi connectivity index (χ4n) is 1.22. The molecule has 0 aliphatic heterocycles. The lowest BCUT2D eigenvalue weighted by molar-refractivity contribution is -0.384. The number of non-ortho nitro benzene ring substituents is 1. The maximum Gasteiger partial charge on any atom is 0.269 e. The van der Waals surface area contributed by atoms with E-state index >= 15 is 0 Å². The van der Waals surface area contributed by atoms with Crippen molar-refractivity contribution in [2.45, 2.75) is 0 Å². The zero-order valence-corrected chi connectivity index (χ0v) is 9.29. The fourth-order valence-corrected chi connectivity index (χ4v) is 1.38. The highest BCUT2D eigenvalue weighted by molar-refractivity contribution is 6.29. The van der Waals surface area contributed by atoms with Crippen molar-refractivity contribution in [1.82, 2.24) is 4.98 Å². The molecule has 17 heavy (non-hydrogen) atoms. The zero-order chi connectivity index (χ0) is 12.3. The second-order valence-corrected chi connectivity index (χ2v) is 3.55. The van der Waals surface area contributed by atoms with E-state index in [1.807, 2.05) is 0 Å². The van der Waals surface area contributed by atoms with E-state index in [2.05, 4.69) is 4.98 Å².